The zero-order chi connectivity index (χ0) is 25.9. The number of anilines is 3. The average molecular weight is 513 g/mol. The van der Waals surface area contributed by atoms with Crippen LogP contribution in [-0.2, 0) is 21.0 Å². The van der Waals surface area contributed by atoms with Gasteiger partial charge in [-0.3, -0.25) is 5.32 Å². The van der Waals surface area contributed by atoms with E-state index in [1.54, 1.807) is 19.5 Å². The highest BCUT2D eigenvalue weighted by molar-refractivity contribution is 7.90. The maximum Gasteiger partial charge on any atom is 0.320 e. The fourth-order valence-electron chi connectivity index (χ4n) is 3.80. The molecule has 0 saturated heterocycles. The summed E-state index contributed by atoms with van der Waals surface area (Å²) in [5.41, 5.74) is 3.87. The second-order valence-corrected chi connectivity index (χ2v) is 10.1. The van der Waals surface area contributed by atoms with Gasteiger partial charge in [-0.2, -0.15) is 0 Å². The molecule has 0 bridgehead atoms. The first-order chi connectivity index (χ1) is 17.2. The third-order valence-electron chi connectivity index (χ3n) is 5.52. The van der Waals surface area contributed by atoms with Crippen molar-refractivity contribution in [2.75, 3.05) is 37.2 Å². The molecule has 1 aliphatic carbocycles. The minimum absolute atomic E-state index is 0.0521. The van der Waals surface area contributed by atoms with Gasteiger partial charge in [-0.25, -0.2) is 32.6 Å². The number of rotatable bonds is 8. The lowest BCUT2D eigenvalue weighted by Gasteiger charge is -2.14. The number of carbonyl (C=O) groups is 1. The number of nitrogens with zero attached hydrogens (tertiary/aromatic N) is 3. The number of nitrogens with one attached hydrogen (secondary N) is 3. The summed E-state index contributed by atoms with van der Waals surface area (Å²) >= 11 is 0. The van der Waals surface area contributed by atoms with E-state index >= 15 is 0 Å². The monoisotopic (exact) mass is 512 g/mol. The van der Waals surface area contributed by atoms with Crippen LogP contribution in [0.2, 0.25) is 0 Å². The number of allylic oxidation sites excluding steroid dienone is 1. The van der Waals surface area contributed by atoms with Gasteiger partial charge in [0.25, 0.3) is 0 Å². The van der Waals surface area contributed by atoms with Crippen molar-refractivity contribution in [2.45, 2.75) is 18.2 Å². The molecule has 1 aromatic carbocycles. The Hall–Kier alpha value is -3.90. The lowest BCUT2D eigenvalue weighted by molar-refractivity contribution is 0.198. The average Bonchev–Trinajstić information content (AvgIpc) is 3.26. The topological polar surface area (TPSA) is 135 Å². The number of hydrogen-bond acceptors (Lipinski definition) is 8. The Bertz CT molecular complexity index is 1460. The molecular weight excluding hydrogens is 487 g/mol. The van der Waals surface area contributed by atoms with E-state index in [2.05, 4.69) is 30.9 Å². The van der Waals surface area contributed by atoms with Crippen LogP contribution in [-0.4, -0.2) is 55.9 Å². The minimum atomic E-state index is -3.74. The normalized spacial score (nSPS) is 12.6. The summed E-state index contributed by atoms with van der Waals surface area (Å²) in [7, 11) is -2.19. The van der Waals surface area contributed by atoms with E-state index in [-0.39, 0.29) is 17.7 Å². The van der Waals surface area contributed by atoms with Crippen molar-refractivity contribution < 1.29 is 22.3 Å². The van der Waals surface area contributed by atoms with Gasteiger partial charge < -0.3 is 15.4 Å². The highest BCUT2D eigenvalue weighted by Gasteiger charge is 2.23. The molecule has 3 aromatic rings. The summed E-state index contributed by atoms with van der Waals surface area (Å²) in [4.78, 5) is 24.9. The summed E-state index contributed by atoms with van der Waals surface area (Å²) in [6.07, 6.45) is 6.66. The number of fused-ring (bicyclic) bond motifs is 1. The van der Waals surface area contributed by atoms with Crippen molar-refractivity contribution in [2.24, 2.45) is 0 Å². The minimum Gasteiger partial charge on any atom is -0.383 e. The van der Waals surface area contributed by atoms with Gasteiger partial charge in [-0.05, 0) is 42.7 Å². The molecule has 1 aliphatic rings. The molecule has 0 radical (unpaired) electrons. The number of urea groups is 1. The molecular formula is C24H25FN6O4S. The SMILES string of the molecule is COCCNC(=O)Nc1nccc2c1CC=C2c1nc(Nc2cccc(S(C)(=O)=O)c2F)ncc1C. The predicted molar refractivity (Wildman–Crippen MR) is 133 cm³/mol. The molecule has 0 fully saturated rings. The van der Waals surface area contributed by atoms with E-state index in [9.17, 15) is 17.6 Å². The lowest BCUT2D eigenvalue weighted by atomic mass is 10.0. The molecule has 2 amide bonds. The molecule has 10 nitrogen and oxygen atoms in total. The molecule has 0 spiro atoms. The highest BCUT2D eigenvalue weighted by atomic mass is 32.2. The zero-order valence-electron chi connectivity index (χ0n) is 19.9. The van der Waals surface area contributed by atoms with Crippen LogP contribution in [0.1, 0.15) is 22.4 Å². The smallest absolute Gasteiger partial charge is 0.320 e. The third-order valence-corrected chi connectivity index (χ3v) is 6.63. The zero-order valence-corrected chi connectivity index (χ0v) is 20.7. The van der Waals surface area contributed by atoms with Crippen molar-refractivity contribution in [1.82, 2.24) is 20.3 Å². The quantitative estimate of drug-likeness (QED) is 0.392. The summed E-state index contributed by atoms with van der Waals surface area (Å²) in [5, 5.41) is 8.25. The van der Waals surface area contributed by atoms with E-state index in [0.29, 0.717) is 31.1 Å². The van der Waals surface area contributed by atoms with Gasteiger partial charge in [-0.15, -0.1) is 0 Å². The third kappa shape index (κ3) is 5.34. The Morgan fingerprint density at radius 3 is 2.78 bits per heavy atom. The molecule has 2 aromatic heterocycles. The molecule has 0 atom stereocenters. The van der Waals surface area contributed by atoms with Crippen LogP contribution in [0.15, 0.2) is 47.6 Å². The van der Waals surface area contributed by atoms with Gasteiger partial charge in [0.1, 0.15) is 10.7 Å². The van der Waals surface area contributed by atoms with Crippen molar-refractivity contribution in [1.29, 1.82) is 0 Å². The fraction of sp³-hybridized carbons (Fsp3) is 0.250. The number of aromatic nitrogens is 3. The van der Waals surface area contributed by atoms with Gasteiger partial charge in [0.05, 0.1) is 18.0 Å². The fourth-order valence-corrected chi connectivity index (χ4v) is 4.57. The van der Waals surface area contributed by atoms with Crippen LogP contribution in [0.4, 0.5) is 26.6 Å². The number of aryl methyl sites for hydroxylation is 1. The van der Waals surface area contributed by atoms with Gasteiger partial charge in [0.15, 0.2) is 15.7 Å². The van der Waals surface area contributed by atoms with Crippen LogP contribution >= 0.6 is 0 Å². The molecule has 0 unspecified atom stereocenters. The van der Waals surface area contributed by atoms with Crippen molar-refractivity contribution >= 4 is 38.9 Å². The Morgan fingerprint density at radius 1 is 1.22 bits per heavy atom. The van der Waals surface area contributed by atoms with Gasteiger partial charge in [-0.1, -0.05) is 12.1 Å². The van der Waals surface area contributed by atoms with E-state index in [1.807, 2.05) is 19.1 Å². The second kappa shape index (κ2) is 10.4. The number of ether oxygens (including phenoxy) is 1. The van der Waals surface area contributed by atoms with E-state index < -0.39 is 20.5 Å². The number of carbonyl (C=O) groups excluding carboxylic acids is 1. The number of sulfone groups is 1. The molecule has 4 rings (SSSR count). The summed E-state index contributed by atoms with van der Waals surface area (Å²) < 4.78 is 43.5. The second-order valence-electron chi connectivity index (χ2n) is 8.12. The number of hydrogen-bond donors (Lipinski definition) is 3. The summed E-state index contributed by atoms with van der Waals surface area (Å²) in [5.74, 6) is -0.348. The molecule has 0 saturated carbocycles. The number of halogens is 1. The van der Waals surface area contributed by atoms with Gasteiger partial charge in [0, 0.05) is 43.4 Å². The Morgan fingerprint density at radius 2 is 2.03 bits per heavy atom. The van der Waals surface area contributed by atoms with Crippen LogP contribution in [0.5, 0.6) is 0 Å². The van der Waals surface area contributed by atoms with E-state index in [0.717, 1.165) is 28.5 Å². The Kier molecular flexibility index (Phi) is 7.27. The first kappa shape index (κ1) is 25.2. The number of benzene rings is 1. The summed E-state index contributed by atoms with van der Waals surface area (Å²) in [6.45, 7) is 2.61. The molecule has 0 aliphatic heterocycles. The molecule has 12 heteroatoms. The maximum atomic E-state index is 14.8. The molecule has 188 valence electrons. The lowest BCUT2D eigenvalue weighted by Crippen LogP contribution is -2.32. The van der Waals surface area contributed by atoms with Gasteiger partial charge in [0.2, 0.25) is 5.95 Å². The highest BCUT2D eigenvalue weighted by Crippen LogP contribution is 2.36. The largest absolute Gasteiger partial charge is 0.383 e. The maximum absolute atomic E-state index is 14.8. The molecule has 3 N–H and O–H groups in total. The van der Waals surface area contributed by atoms with Crippen molar-refractivity contribution in [3.63, 3.8) is 0 Å². The predicted octanol–water partition coefficient (Wildman–Crippen LogP) is 3.22. The van der Waals surface area contributed by atoms with Gasteiger partial charge >= 0.3 is 6.03 Å². The number of pyridine rings is 1. The van der Waals surface area contributed by atoms with E-state index in [1.165, 1.54) is 18.2 Å². The summed E-state index contributed by atoms with van der Waals surface area (Å²) in [6, 6.07) is 5.52. The van der Waals surface area contributed by atoms with Crippen LogP contribution in [0.25, 0.3) is 5.57 Å². The van der Waals surface area contributed by atoms with Crippen molar-refractivity contribution in [3.8, 4) is 0 Å². The molecule has 36 heavy (non-hydrogen) atoms. The molecule has 2 heterocycles. The van der Waals surface area contributed by atoms with E-state index in [4.69, 9.17) is 4.74 Å². The number of amides is 2. The first-order valence-corrected chi connectivity index (χ1v) is 12.9. The standard InChI is InChI=1S/C24H25FN6O4S/c1-14-13-28-23(29-18-5-4-6-19(20(18)25)36(3,33)34)30-21(14)16-7-8-17-15(16)9-10-26-22(17)31-24(32)27-11-12-35-2/h4-7,9-10,13H,8,11-12H2,1-3H3,(H,28,29,30)(H2,26,27,31,32). The Labute approximate surface area is 208 Å². The van der Waals surface area contributed by atoms with Crippen LogP contribution in [0, 0.1) is 12.7 Å². The number of methoxy groups -OCH3 is 1. The Balaban J connectivity index is 1.61. The van der Waals surface area contributed by atoms with Crippen molar-refractivity contribution in [3.05, 3.63) is 70.9 Å². The van der Waals surface area contributed by atoms with Crippen LogP contribution < -0.4 is 16.0 Å². The first-order valence-electron chi connectivity index (χ1n) is 11.0. The van der Waals surface area contributed by atoms with Crippen LogP contribution in [0.3, 0.4) is 0 Å².